The number of rotatable bonds is 7. The lowest BCUT2D eigenvalue weighted by molar-refractivity contribution is -0.144. The zero-order valence-corrected chi connectivity index (χ0v) is 17.0. The molecule has 0 radical (unpaired) electrons. The number of benzene rings is 2. The van der Waals surface area contributed by atoms with Crippen LogP contribution in [-0.4, -0.2) is 53.2 Å². The minimum absolute atomic E-state index is 0.474. The highest BCUT2D eigenvalue weighted by molar-refractivity contribution is 6.45. The van der Waals surface area contributed by atoms with Crippen LogP contribution in [0.4, 0.5) is 4.79 Å². The lowest BCUT2D eigenvalue weighted by atomic mass is 9.98. The molecule has 8 nitrogen and oxygen atoms in total. The van der Waals surface area contributed by atoms with Gasteiger partial charge >= 0.3 is 17.8 Å². The first-order valence-corrected chi connectivity index (χ1v) is 9.50. The van der Waals surface area contributed by atoms with Crippen LogP contribution in [0.2, 0.25) is 0 Å². The van der Waals surface area contributed by atoms with Gasteiger partial charge in [-0.25, -0.2) is 9.69 Å². The van der Waals surface area contributed by atoms with Gasteiger partial charge in [0.25, 0.3) is 0 Å². The third-order valence-corrected chi connectivity index (χ3v) is 4.79. The first kappa shape index (κ1) is 21.0. The van der Waals surface area contributed by atoms with Crippen molar-refractivity contribution in [1.82, 2.24) is 15.1 Å². The molecule has 0 aliphatic carbocycles. The molecule has 1 aliphatic heterocycles. The van der Waals surface area contributed by atoms with Crippen molar-refractivity contribution in [1.29, 1.82) is 0 Å². The summed E-state index contributed by atoms with van der Waals surface area (Å²) in [7, 11) is 1.57. The molecular weight excluding hydrogens is 386 g/mol. The zero-order chi connectivity index (χ0) is 21.8. The summed E-state index contributed by atoms with van der Waals surface area (Å²) < 4.78 is 5.18. The standard InChI is InChI=1S/C22H23N3O5/c1-14(2)25-21(28)20(27)24(22(25)29)13-18(26)23-19(15-7-5-4-6-8-15)16-9-11-17(30-3)12-10-16/h4-12,14,19H,13H2,1-3H3,(H,23,26)/t19-/m1/s1. The monoisotopic (exact) mass is 409 g/mol. The van der Waals surface area contributed by atoms with Crippen LogP contribution in [0.25, 0.3) is 0 Å². The van der Waals surface area contributed by atoms with E-state index in [-0.39, 0.29) is 0 Å². The van der Waals surface area contributed by atoms with Crippen LogP contribution in [0, 0.1) is 0 Å². The topological polar surface area (TPSA) is 96.0 Å². The summed E-state index contributed by atoms with van der Waals surface area (Å²) in [6.07, 6.45) is 0. The van der Waals surface area contributed by atoms with Gasteiger partial charge in [0, 0.05) is 6.04 Å². The van der Waals surface area contributed by atoms with Gasteiger partial charge in [0.1, 0.15) is 12.3 Å². The first-order chi connectivity index (χ1) is 14.3. The molecule has 30 heavy (non-hydrogen) atoms. The Morgan fingerprint density at radius 3 is 2.07 bits per heavy atom. The highest BCUT2D eigenvalue weighted by Crippen LogP contribution is 2.24. The number of amides is 5. The van der Waals surface area contributed by atoms with Gasteiger partial charge in [0.05, 0.1) is 13.2 Å². The Balaban J connectivity index is 1.81. The van der Waals surface area contributed by atoms with E-state index in [4.69, 9.17) is 4.74 Å². The van der Waals surface area contributed by atoms with Crippen LogP contribution in [0.1, 0.15) is 31.0 Å². The predicted molar refractivity (Wildman–Crippen MR) is 109 cm³/mol. The molecule has 1 heterocycles. The Morgan fingerprint density at radius 2 is 1.53 bits per heavy atom. The molecule has 2 aromatic carbocycles. The minimum Gasteiger partial charge on any atom is -0.497 e. The van der Waals surface area contributed by atoms with E-state index >= 15 is 0 Å². The SMILES string of the molecule is COc1ccc([C@H](NC(=O)CN2C(=O)C(=O)N(C(C)C)C2=O)c2ccccc2)cc1. The second kappa shape index (κ2) is 8.77. The van der Waals surface area contributed by atoms with Crippen LogP contribution in [0.15, 0.2) is 54.6 Å². The Morgan fingerprint density at radius 1 is 0.933 bits per heavy atom. The van der Waals surface area contributed by atoms with E-state index in [0.717, 1.165) is 16.0 Å². The summed E-state index contributed by atoms with van der Waals surface area (Å²) in [6.45, 7) is 2.72. The molecule has 1 aliphatic rings. The normalized spacial score (nSPS) is 15.0. The molecule has 8 heteroatoms. The van der Waals surface area contributed by atoms with Crippen molar-refractivity contribution < 1.29 is 23.9 Å². The fourth-order valence-electron chi connectivity index (χ4n) is 3.27. The van der Waals surface area contributed by atoms with Gasteiger partial charge in [-0.1, -0.05) is 42.5 Å². The van der Waals surface area contributed by atoms with Gasteiger partial charge in [0.15, 0.2) is 0 Å². The molecule has 1 atom stereocenters. The van der Waals surface area contributed by atoms with E-state index in [1.54, 1.807) is 33.1 Å². The van der Waals surface area contributed by atoms with Gasteiger partial charge in [-0.2, -0.15) is 0 Å². The van der Waals surface area contributed by atoms with Crippen LogP contribution in [-0.2, 0) is 14.4 Å². The Kier molecular flexibility index (Phi) is 6.15. The molecule has 1 saturated heterocycles. The molecular formula is C22H23N3O5. The fraction of sp³-hybridized carbons (Fsp3) is 0.273. The zero-order valence-electron chi connectivity index (χ0n) is 17.0. The van der Waals surface area contributed by atoms with E-state index in [9.17, 15) is 19.2 Å². The smallest absolute Gasteiger partial charge is 0.334 e. The maximum Gasteiger partial charge on any atom is 0.334 e. The van der Waals surface area contributed by atoms with Crippen LogP contribution in [0.5, 0.6) is 5.75 Å². The van der Waals surface area contributed by atoms with Gasteiger partial charge < -0.3 is 10.1 Å². The molecule has 1 fully saturated rings. The molecule has 156 valence electrons. The lowest BCUT2D eigenvalue weighted by Gasteiger charge is -2.22. The number of ether oxygens (including phenoxy) is 1. The van der Waals surface area contributed by atoms with E-state index in [0.29, 0.717) is 10.6 Å². The van der Waals surface area contributed by atoms with Crippen molar-refractivity contribution >= 4 is 23.8 Å². The van der Waals surface area contributed by atoms with Crippen LogP contribution < -0.4 is 10.1 Å². The molecule has 5 amide bonds. The summed E-state index contributed by atoms with van der Waals surface area (Å²) in [4.78, 5) is 50.9. The summed E-state index contributed by atoms with van der Waals surface area (Å²) in [6, 6.07) is 14.8. The highest BCUT2D eigenvalue weighted by Gasteiger charge is 2.46. The predicted octanol–water partition coefficient (Wildman–Crippen LogP) is 2.10. The minimum atomic E-state index is -0.996. The third kappa shape index (κ3) is 4.17. The molecule has 0 bridgehead atoms. The second-order valence-corrected chi connectivity index (χ2v) is 7.13. The van der Waals surface area contributed by atoms with Gasteiger partial charge in [0.2, 0.25) is 5.91 Å². The van der Waals surface area contributed by atoms with Crippen molar-refractivity contribution in [3.8, 4) is 5.75 Å². The number of nitrogens with one attached hydrogen (secondary N) is 1. The third-order valence-electron chi connectivity index (χ3n) is 4.79. The molecule has 0 unspecified atom stereocenters. The lowest BCUT2D eigenvalue weighted by Crippen LogP contribution is -2.43. The average Bonchev–Trinajstić information content (AvgIpc) is 2.96. The maximum absolute atomic E-state index is 12.7. The van der Waals surface area contributed by atoms with Crippen molar-refractivity contribution in [2.45, 2.75) is 25.9 Å². The summed E-state index contributed by atoms with van der Waals surface area (Å²) in [5, 5.41) is 2.86. The number of imide groups is 2. The fourth-order valence-corrected chi connectivity index (χ4v) is 3.27. The number of hydrogen-bond donors (Lipinski definition) is 1. The molecule has 3 rings (SSSR count). The number of carbonyl (C=O) groups is 4. The number of carbonyl (C=O) groups excluding carboxylic acids is 4. The highest BCUT2D eigenvalue weighted by atomic mass is 16.5. The summed E-state index contributed by atoms with van der Waals surface area (Å²) in [5.41, 5.74) is 1.63. The van der Waals surface area contributed by atoms with Crippen LogP contribution in [0.3, 0.4) is 0 Å². The quantitative estimate of drug-likeness (QED) is 0.558. The Bertz CT molecular complexity index is 956. The van der Waals surface area contributed by atoms with Gasteiger partial charge in [-0.05, 0) is 37.1 Å². The number of urea groups is 1. The molecule has 0 saturated carbocycles. The molecule has 0 spiro atoms. The van der Waals surface area contributed by atoms with E-state index < -0.39 is 42.4 Å². The van der Waals surface area contributed by atoms with Crippen LogP contribution >= 0.6 is 0 Å². The number of nitrogens with zero attached hydrogens (tertiary/aromatic N) is 2. The molecule has 1 N–H and O–H groups in total. The maximum atomic E-state index is 12.7. The van der Waals surface area contributed by atoms with E-state index in [2.05, 4.69) is 5.32 Å². The van der Waals surface area contributed by atoms with Crippen molar-refractivity contribution in [2.24, 2.45) is 0 Å². The second-order valence-electron chi connectivity index (χ2n) is 7.13. The van der Waals surface area contributed by atoms with E-state index in [1.165, 1.54) is 0 Å². The summed E-state index contributed by atoms with van der Waals surface area (Å²) >= 11 is 0. The summed E-state index contributed by atoms with van der Waals surface area (Å²) in [5.74, 6) is -1.79. The average molecular weight is 409 g/mol. The van der Waals surface area contributed by atoms with E-state index in [1.807, 2.05) is 42.5 Å². The number of methoxy groups -OCH3 is 1. The first-order valence-electron chi connectivity index (χ1n) is 9.50. The van der Waals surface area contributed by atoms with Gasteiger partial charge in [-0.15, -0.1) is 0 Å². The van der Waals surface area contributed by atoms with Crippen molar-refractivity contribution in [2.75, 3.05) is 13.7 Å². The Hall–Kier alpha value is -3.68. The van der Waals surface area contributed by atoms with Gasteiger partial charge in [-0.3, -0.25) is 19.3 Å². The number of hydrogen-bond acceptors (Lipinski definition) is 5. The molecule has 2 aromatic rings. The Labute approximate surface area is 174 Å². The van der Waals surface area contributed by atoms with Crippen molar-refractivity contribution in [3.05, 3.63) is 65.7 Å². The molecule has 0 aromatic heterocycles. The largest absolute Gasteiger partial charge is 0.497 e. The van der Waals surface area contributed by atoms with Crippen molar-refractivity contribution in [3.63, 3.8) is 0 Å².